The van der Waals surface area contributed by atoms with Gasteiger partial charge in [0.2, 0.25) is 0 Å². The average Bonchev–Trinajstić information content (AvgIpc) is 3.29. The van der Waals surface area contributed by atoms with Gasteiger partial charge >= 0.3 is 0 Å². The van der Waals surface area contributed by atoms with E-state index in [-0.39, 0.29) is 5.91 Å². The molecule has 0 aliphatic heterocycles. The van der Waals surface area contributed by atoms with Gasteiger partial charge in [-0.1, -0.05) is 47.1 Å². The summed E-state index contributed by atoms with van der Waals surface area (Å²) in [7, 11) is 1.58. The Balaban J connectivity index is 1.40. The van der Waals surface area contributed by atoms with Crippen LogP contribution >= 0.6 is 22.9 Å². The second-order valence-electron chi connectivity index (χ2n) is 7.27. The van der Waals surface area contributed by atoms with Crippen LogP contribution in [0.5, 0.6) is 5.75 Å². The summed E-state index contributed by atoms with van der Waals surface area (Å²) in [5.41, 5.74) is 3.81. The molecule has 0 radical (unpaired) electrons. The number of amides is 1. The van der Waals surface area contributed by atoms with E-state index in [4.69, 9.17) is 16.3 Å². The molecule has 0 atom stereocenters. The molecule has 0 saturated heterocycles. The molecule has 2 aromatic carbocycles. The van der Waals surface area contributed by atoms with Gasteiger partial charge in [0.05, 0.1) is 25.1 Å². The molecule has 5 aromatic rings. The lowest BCUT2D eigenvalue weighted by Gasteiger charge is -2.11. The van der Waals surface area contributed by atoms with Crippen LogP contribution in [0.2, 0.25) is 5.02 Å². The Bertz CT molecular complexity index is 1610. The highest BCUT2D eigenvalue weighted by atomic mass is 35.5. The molecule has 0 spiro atoms. The van der Waals surface area contributed by atoms with Gasteiger partial charge in [0.15, 0.2) is 5.13 Å². The molecule has 0 aliphatic carbocycles. The molecule has 9 heteroatoms. The van der Waals surface area contributed by atoms with Gasteiger partial charge in [0.25, 0.3) is 5.91 Å². The first-order valence-corrected chi connectivity index (χ1v) is 11.6. The Morgan fingerprint density at radius 1 is 0.943 bits per heavy atom. The number of para-hydroxylation sites is 1. The monoisotopic (exact) mass is 497 g/mol. The summed E-state index contributed by atoms with van der Waals surface area (Å²) < 4.78 is 5.44. The van der Waals surface area contributed by atoms with E-state index in [9.17, 15) is 4.79 Å². The van der Waals surface area contributed by atoms with Gasteiger partial charge in [-0.2, -0.15) is 10.2 Å². The highest BCUT2D eigenvalue weighted by molar-refractivity contribution is 7.22. The molecule has 0 bridgehead atoms. The molecule has 3 aromatic heterocycles. The number of anilines is 1. The van der Waals surface area contributed by atoms with Gasteiger partial charge in [-0.15, -0.1) is 0 Å². The number of methoxy groups -OCH3 is 1. The van der Waals surface area contributed by atoms with Gasteiger partial charge in [0, 0.05) is 21.7 Å². The largest absolute Gasteiger partial charge is 0.496 e. The predicted octanol–water partition coefficient (Wildman–Crippen LogP) is 5.46. The third kappa shape index (κ3) is 4.96. The summed E-state index contributed by atoms with van der Waals surface area (Å²) in [6.07, 6.45) is 2.96. The zero-order chi connectivity index (χ0) is 24.2. The lowest BCUT2D eigenvalue weighted by Crippen LogP contribution is -2.14. The van der Waals surface area contributed by atoms with E-state index >= 15 is 0 Å². The van der Waals surface area contributed by atoms with Gasteiger partial charge in [-0.05, 0) is 48.4 Å². The average molecular weight is 498 g/mol. The van der Waals surface area contributed by atoms with Crippen LogP contribution in [-0.4, -0.2) is 33.2 Å². The van der Waals surface area contributed by atoms with E-state index < -0.39 is 0 Å². The van der Waals surface area contributed by atoms with Gasteiger partial charge < -0.3 is 4.74 Å². The van der Waals surface area contributed by atoms with Crippen molar-refractivity contribution >= 4 is 44.3 Å². The number of rotatable bonds is 4. The molecule has 3 heterocycles. The zero-order valence-electron chi connectivity index (χ0n) is 18.3. The van der Waals surface area contributed by atoms with Crippen molar-refractivity contribution in [1.82, 2.24) is 20.2 Å². The van der Waals surface area contributed by atoms with Crippen LogP contribution in [0.25, 0.3) is 21.5 Å². The van der Waals surface area contributed by atoms with Crippen LogP contribution in [0.1, 0.15) is 21.6 Å². The van der Waals surface area contributed by atoms with Crippen molar-refractivity contribution in [3.05, 3.63) is 94.9 Å². The van der Waals surface area contributed by atoms with Crippen molar-refractivity contribution in [3.63, 3.8) is 0 Å². The number of aromatic nitrogens is 4. The number of thiazole rings is 1. The number of nitrogens with zero attached hydrogens (tertiary/aromatic N) is 4. The lowest BCUT2D eigenvalue weighted by atomic mass is 10.0. The number of carbonyl (C=O) groups is 1. The molecule has 35 heavy (non-hydrogen) atoms. The maximum atomic E-state index is 13.1. The number of halogens is 1. The van der Waals surface area contributed by atoms with Gasteiger partial charge in [-0.25, -0.2) is 9.97 Å². The van der Waals surface area contributed by atoms with Crippen molar-refractivity contribution in [3.8, 4) is 28.7 Å². The number of hydrogen-bond donors (Lipinski definition) is 1. The summed E-state index contributed by atoms with van der Waals surface area (Å²) in [5.74, 6) is 6.38. The molecule has 1 amide bonds. The molecule has 0 fully saturated rings. The fourth-order valence-electron chi connectivity index (χ4n) is 3.36. The van der Waals surface area contributed by atoms with E-state index in [1.165, 1.54) is 23.7 Å². The number of carbonyl (C=O) groups excluding carboxylic acids is 1. The van der Waals surface area contributed by atoms with E-state index in [1.54, 1.807) is 25.3 Å². The first-order valence-electron chi connectivity index (χ1n) is 10.4. The highest BCUT2D eigenvalue weighted by Gasteiger charge is 2.18. The first-order chi connectivity index (χ1) is 17.1. The molecule has 170 valence electrons. The number of fused-ring (bicyclic) bond motifs is 1. The molecule has 0 saturated carbocycles. The molecule has 5 rings (SSSR count). The Hall–Kier alpha value is -4.32. The molecule has 0 aliphatic rings. The van der Waals surface area contributed by atoms with Crippen LogP contribution in [-0.2, 0) is 0 Å². The lowest BCUT2D eigenvalue weighted by molar-refractivity contribution is 0.102. The van der Waals surface area contributed by atoms with E-state index in [2.05, 4.69) is 37.3 Å². The Labute approximate surface area is 209 Å². The van der Waals surface area contributed by atoms with Crippen molar-refractivity contribution in [1.29, 1.82) is 0 Å². The smallest absolute Gasteiger partial charge is 0.259 e. The van der Waals surface area contributed by atoms with Crippen molar-refractivity contribution in [2.75, 3.05) is 12.4 Å². The molecular weight excluding hydrogens is 482 g/mol. The summed E-state index contributed by atoms with van der Waals surface area (Å²) in [6.45, 7) is 0. The minimum Gasteiger partial charge on any atom is -0.496 e. The summed E-state index contributed by atoms with van der Waals surface area (Å²) in [5, 5.41) is 11.8. The standard InChI is InChI=1S/C26H16ClN5O2S/c1-34-23-5-3-2-4-19(23)20-14-28-29-15-21(20)24(33)32-26-31-22-13-12-18(30-25(22)35-26)11-8-16-6-9-17(27)10-7-16/h2-7,9-10,12-15H,1H3,(H,31,32,33). The predicted molar refractivity (Wildman–Crippen MR) is 137 cm³/mol. The third-order valence-corrected chi connectivity index (χ3v) is 6.16. The second kappa shape index (κ2) is 9.89. The second-order valence-corrected chi connectivity index (χ2v) is 8.68. The van der Waals surface area contributed by atoms with Crippen LogP contribution in [0.4, 0.5) is 5.13 Å². The maximum absolute atomic E-state index is 13.1. The fourth-order valence-corrected chi connectivity index (χ4v) is 4.32. The Morgan fingerprint density at radius 3 is 2.57 bits per heavy atom. The van der Waals surface area contributed by atoms with Crippen molar-refractivity contribution in [2.45, 2.75) is 0 Å². The van der Waals surface area contributed by atoms with Gasteiger partial charge in [0.1, 0.15) is 21.8 Å². The number of nitrogens with one attached hydrogen (secondary N) is 1. The fraction of sp³-hybridized carbons (Fsp3) is 0.0385. The van der Waals surface area contributed by atoms with E-state index in [0.717, 1.165) is 11.1 Å². The Kier molecular flexibility index (Phi) is 6.35. The minimum absolute atomic E-state index is 0.353. The Morgan fingerprint density at radius 2 is 1.74 bits per heavy atom. The van der Waals surface area contributed by atoms with Crippen LogP contribution in [0, 0.1) is 11.8 Å². The molecular formula is C26H16ClN5O2S. The zero-order valence-corrected chi connectivity index (χ0v) is 19.9. The highest BCUT2D eigenvalue weighted by Crippen LogP contribution is 2.32. The third-order valence-electron chi connectivity index (χ3n) is 5.03. The number of benzene rings is 2. The van der Waals surface area contributed by atoms with E-state index in [0.29, 0.717) is 43.1 Å². The van der Waals surface area contributed by atoms with Crippen molar-refractivity contribution < 1.29 is 9.53 Å². The van der Waals surface area contributed by atoms with Crippen LogP contribution in [0.15, 0.2) is 73.1 Å². The van der Waals surface area contributed by atoms with Crippen LogP contribution < -0.4 is 10.1 Å². The quantitative estimate of drug-likeness (QED) is 0.331. The maximum Gasteiger partial charge on any atom is 0.259 e. The number of pyridine rings is 1. The summed E-state index contributed by atoms with van der Waals surface area (Å²) in [6, 6.07) is 18.3. The van der Waals surface area contributed by atoms with E-state index in [1.807, 2.05) is 42.5 Å². The topological polar surface area (TPSA) is 89.9 Å². The molecule has 0 unspecified atom stereocenters. The number of ether oxygens (including phenoxy) is 1. The normalized spacial score (nSPS) is 10.5. The van der Waals surface area contributed by atoms with Crippen LogP contribution in [0.3, 0.4) is 0 Å². The summed E-state index contributed by atoms with van der Waals surface area (Å²) in [4.78, 5) is 22.8. The SMILES string of the molecule is COc1ccccc1-c1cnncc1C(=O)Nc1nc2ccc(C#Cc3ccc(Cl)cc3)nc2s1. The summed E-state index contributed by atoms with van der Waals surface area (Å²) >= 11 is 7.18. The molecule has 7 nitrogen and oxygen atoms in total. The van der Waals surface area contributed by atoms with Gasteiger partial charge in [-0.3, -0.25) is 10.1 Å². The molecule has 1 N–H and O–H groups in total. The minimum atomic E-state index is -0.359. The number of hydrogen-bond acceptors (Lipinski definition) is 7. The first kappa shape index (κ1) is 22.5. The van der Waals surface area contributed by atoms with Crippen molar-refractivity contribution in [2.24, 2.45) is 0 Å².